The number of nitrogens with one attached hydrogen (secondary N) is 3. The second-order valence-corrected chi connectivity index (χ2v) is 5.80. The van der Waals surface area contributed by atoms with Gasteiger partial charge in [-0.25, -0.2) is 15.4 Å². The second-order valence-electron chi connectivity index (χ2n) is 5.80. The van der Waals surface area contributed by atoms with Crippen molar-refractivity contribution in [1.29, 1.82) is 0 Å². The van der Waals surface area contributed by atoms with Crippen LogP contribution in [0, 0.1) is 12.8 Å². The molecule has 0 aliphatic carbocycles. The first kappa shape index (κ1) is 13.7. The number of benzene rings is 1. The Morgan fingerprint density at radius 1 is 1.30 bits per heavy atom. The number of hydrogen-bond acceptors (Lipinski definition) is 4. The number of rotatable bonds is 2. The number of aromatic nitrogens is 4. The van der Waals surface area contributed by atoms with Gasteiger partial charge in [0.15, 0.2) is 5.82 Å². The van der Waals surface area contributed by atoms with E-state index in [9.17, 15) is 4.79 Å². The molecule has 1 unspecified atom stereocenters. The number of nitrogens with zero attached hydrogens (tertiary/aromatic N) is 3. The van der Waals surface area contributed by atoms with E-state index in [2.05, 4.69) is 25.5 Å². The van der Waals surface area contributed by atoms with E-state index >= 15 is 0 Å². The zero-order valence-electron chi connectivity index (χ0n) is 12.8. The van der Waals surface area contributed by atoms with Gasteiger partial charge >= 0.3 is 0 Å². The summed E-state index contributed by atoms with van der Waals surface area (Å²) in [5.74, 6) is 0.726. The number of hydrogen-bond donors (Lipinski definition) is 3. The number of amides is 1. The topological polar surface area (TPSA) is 98.8 Å². The average Bonchev–Trinajstić information content (AvgIpc) is 3.12. The minimum absolute atomic E-state index is 0.0525. The van der Waals surface area contributed by atoms with Crippen LogP contribution < -0.4 is 5.43 Å². The highest BCUT2D eigenvalue weighted by molar-refractivity contribution is 6.12. The molecule has 1 amide bonds. The average molecular weight is 308 g/mol. The van der Waals surface area contributed by atoms with Crippen molar-refractivity contribution in [2.24, 2.45) is 11.0 Å². The van der Waals surface area contributed by atoms with Crippen LogP contribution in [0.15, 0.2) is 29.6 Å². The first-order valence-corrected chi connectivity index (χ1v) is 7.49. The second kappa shape index (κ2) is 5.05. The van der Waals surface area contributed by atoms with Crippen molar-refractivity contribution in [2.75, 3.05) is 0 Å². The largest absolute Gasteiger partial charge is 0.348 e. The number of H-pyrrole nitrogens is 2. The van der Waals surface area contributed by atoms with Gasteiger partial charge in [0, 0.05) is 23.6 Å². The van der Waals surface area contributed by atoms with Gasteiger partial charge in [-0.05, 0) is 13.0 Å². The van der Waals surface area contributed by atoms with Crippen LogP contribution in [0.25, 0.3) is 22.6 Å². The highest BCUT2D eigenvalue weighted by Crippen LogP contribution is 2.26. The molecule has 7 nitrogen and oxygen atoms in total. The van der Waals surface area contributed by atoms with Crippen molar-refractivity contribution in [3.63, 3.8) is 0 Å². The van der Waals surface area contributed by atoms with Crippen LogP contribution in [-0.2, 0) is 4.79 Å². The number of para-hydroxylation sites is 1. The van der Waals surface area contributed by atoms with Crippen LogP contribution in [-0.4, -0.2) is 31.6 Å². The first-order chi connectivity index (χ1) is 11.1. The van der Waals surface area contributed by atoms with Gasteiger partial charge in [-0.2, -0.15) is 5.10 Å². The first-order valence-electron chi connectivity index (χ1n) is 7.49. The molecule has 3 heterocycles. The molecule has 0 fully saturated rings. The predicted molar refractivity (Wildman–Crippen MR) is 86.9 cm³/mol. The normalized spacial score (nSPS) is 18.1. The van der Waals surface area contributed by atoms with E-state index in [1.54, 1.807) is 6.33 Å². The maximum atomic E-state index is 11.5. The molecule has 3 N–H and O–H groups in total. The molecule has 23 heavy (non-hydrogen) atoms. The molecule has 0 bridgehead atoms. The maximum Gasteiger partial charge on any atom is 0.240 e. The van der Waals surface area contributed by atoms with Gasteiger partial charge in [-0.1, -0.05) is 19.1 Å². The van der Waals surface area contributed by atoms with Crippen molar-refractivity contribution >= 4 is 22.7 Å². The SMILES string of the molecule is Cc1[nH]cnc1-c1nc2c(C3=NNC(=O)CC3C)cccc2[nH]1. The summed E-state index contributed by atoms with van der Waals surface area (Å²) >= 11 is 0. The zero-order chi connectivity index (χ0) is 16.0. The lowest BCUT2D eigenvalue weighted by atomic mass is 9.93. The highest BCUT2D eigenvalue weighted by atomic mass is 16.2. The van der Waals surface area contributed by atoms with E-state index in [0.29, 0.717) is 6.42 Å². The van der Waals surface area contributed by atoms with Crippen LogP contribution in [0.3, 0.4) is 0 Å². The van der Waals surface area contributed by atoms with Crippen molar-refractivity contribution in [1.82, 2.24) is 25.4 Å². The summed E-state index contributed by atoms with van der Waals surface area (Å²) in [6.07, 6.45) is 2.09. The Kier molecular flexibility index (Phi) is 3.00. The molecule has 4 rings (SSSR count). The monoisotopic (exact) mass is 308 g/mol. The third-order valence-corrected chi connectivity index (χ3v) is 4.10. The minimum Gasteiger partial charge on any atom is -0.348 e. The summed E-state index contributed by atoms with van der Waals surface area (Å²) in [7, 11) is 0. The van der Waals surface area contributed by atoms with Gasteiger partial charge in [-0.3, -0.25) is 4.79 Å². The minimum atomic E-state index is -0.0525. The molecule has 116 valence electrons. The van der Waals surface area contributed by atoms with E-state index < -0.39 is 0 Å². The van der Waals surface area contributed by atoms with Gasteiger partial charge in [0.2, 0.25) is 5.91 Å². The molecule has 1 aromatic carbocycles. The van der Waals surface area contributed by atoms with Crippen molar-refractivity contribution < 1.29 is 4.79 Å². The summed E-state index contributed by atoms with van der Waals surface area (Å²) in [4.78, 5) is 26.8. The van der Waals surface area contributed by atoms with E-state index in [-0.39, 0.29) is 11.8 Å². The van der Waals surface area contributed by atoms with Gasteiger partial charge in [0.05, 0.1) is 23.1 Å². The Bertz CT molecular complexity index is 935. The zero-order valence-corrected chi connectivity index (χ0v) is 12.8. The van der Waals surface area contributed by atoms with Crippen LogP contribution in [0.2, 0.25) is 0 Å². The number of carbonyl (C=O) groups is 1. The fraction of sp³-hybridized carbons (Fsp3) is 0.250. The fourth-order valence-corrected chi connectivity index (χ4v) is 2.93. The van der Waals surface area contributed by atoms with Crippen LogP contribution in [0.1, 0.15) is 24.6 Å². The molecular weight excluding hydrogens is 292 g/mol. The van der Waals surface area contributed by atoms with Crippen molar-refractivity contribution in [3.8, 4) is 11.5 Å². The Morgan fingerprint density at radius 3 is 2.91 bits per heavy atom. The molecular formula is C16H16N6O. The quantitative estimate of drug-likeness (QED) is 0.676. The third kappa shape index (κ3) is 2.21. The molecule has 1 atom stereocenters. The maximum absolute atomic E-state index is 11.5. The lowest BCUT2D eigenvalue weighted by Crippen LogP contribution is -2.32. The molecule has 1 aliphatic rings. The summed E-state index contributed by atoms with van der Waals surface area (Å²) in [5.41, 5.74) is 7.88. The number of hydrazone groups is 1. The summed E-state index contributed by atoms with van der Waals surface area (Å²) in [5, 5.41) is 4.24. The highest BCUT2D eigenvalue weighted by Gasteiger charge is 2.24. The molecule has 0 saturated heterocycles. The third-order valence-electron chi connectivity index (χ3n) is 4.10. The molecule has 0 saturated carbocycles. The lowest BCUT2D eigenvalue weighted by Gasteiger charge is -2.19. The van der Waals surface area contributed by atoms with Crippen LogP contribution in [0.4, 0.5) is 0 Å². The Morgan fingerprint density at radius 2 is 2.17 bits per heavy atom. The summed E-state index contributed by atoms with van der Waals surface area (Å²) < 4.78 is 0. The molecule has 0 radical (unpaired) electrons. The summed E-state index contributed by atoms with van der Waals surface area (Å²) in [6.45, 7) is 3.96. The fourth-order valence-electron chi connectivity index (χ4n) is 2.93. The van der Waals surface area contributed by atoms with E-state index in [0.717, 1.165) is 39.5 Å². The number of carbonyl (C=O) groups excluding carboxylic acids is 1. The number of aromatic amines is 2. The lowest BCUT2D eigenvalue weighted by molar-refractivity contribution is -0.121. The Labute approximate surface area is 132 Å². The Hall–Kier alpha value is -2.96. The van der Waals surface area contributed by atoms with E-state index in [4.69, 9.17) is 4.98 Å². The number of aryl methyl sites for hydroxylation is 1. The molecule has 2 aromatic heterocycles. The Balaban J connectivity index is 1.87. The van der Waals surface area contributed by atoms with Gasteiger partial charge in [0.1, 0.15) is 5.69 Å². The van der Waals surface area contributed by atoms with Gasteiger partial charge < -0.3 is 9.97 Å². The van der Waals surface area contributed by atoms with E-state index in [1.807, 2.05) is 32.0 Å². The predicted octanol–water partition coefficient (Wildman–Crippen LogP) is 2.12. The van der Waals surface area contributed by atoms with Crippen LogP contribution >= 0.6 is 0 Å². The standard InChI is InChI=1S/C16H16N6O/c1-8-6-12(23)21-22-13(8)10-4-3-5-11-15(10)20-16(19-11)14-9(2)17-7-18-14/h3-5,7-8H,6H2,1-2H3,(H,17,18)(H,19,20)(H,21,23). The smallest absolute Gasteiger partial charge is 0.240 e. The number of imidazole rings is 2. The summed E-state index contributed by atoms with van der Waals surface area (Å²) in [6, 6.07) is 5.92. The molecule has 7 heteroatoms. The van der Waals surface area contributed by atoms with Gasteiger partial charge in [-0.15, -0.1) is 0 Å². The molecule has 1 aliphatic heterocycles. The van der Waals surface area contributed by atoms with Gasteiger partial charge in [0.25, 0.3) is 0 Å². The molecule has 3 aromatic rings. The van der Waals surface area contributed by atoms with Crippen LogP contribution in [0.5, 0.6) is 0 Å². The molecule has 0 spiro atoms. The van der Waals surface area contributed by atoms with Crippen molar-refractivity contribution in [3.05, 3.63) is 35.8 Å². The number of fused-ring (bicyclic) bond motifs is 1. The van der Waals surface area contributed by atoms with E-state index in [1.165, 1.54) is 0 Å². The van der Waals surface area contributed by atoms with Crippen molar-refractivity contribution in [2.45, 2.75) is 20.3 Å².